The maximum Gasteiger partial charge on any atom is 0.418 e. The van der Waals surface area contributed by atoms with Gasteiger partial charge in [-0.3, -0.25) is 20.1 Å². The number of alkyl halides is 3. The van der Waals surface area contributed by atoms with E-state index in [1.165, 1.54) is 18.5 Å². The van der Waals surface area contributed by atoms with Crippen LogP contribution < -0.4 is 10.2 Å². The molecule has 4 aromatic rings. The molecule has 4 heterocycles. The number of imidazole rings is 1. The van der Waals surface area contributed by atoms with Crippen LogP contribution in [0.1, 0.15) is 71.8 Å². The van der Waals surface area contributed by atoms with Gasteiger partial charge in [0.05, 0.1) is 35.9 Å². The number of aromatic amines is 1. The van der Waals surface area contributed by atoms with Crippen molar-refractivity contribution in [3.63, 3.8) is 0 Å². The summed E-state index contributed by atoms with van der Waals surface area (Å²) in [6.45, 7) is 0.755. The quantitative estimate of drug-likeness (QED) is 0.159. The number of pyridine rings is 3. The van der Waals surface area contributed by atoms with Crippen LogP contribution in [-0.2, 0) is 27.1 Å². The van der Waals surface area contributed by atoms with E-state index in [2.05, 4.69) is 30.2 Å². The van der Waals surface area contributed by atoms with Crippen LogP contribution in [-0.4, -0.2) is 75.8 Å². The molecule has 0 aliphatic heterocycles. The highest BCUT2D eigenvalue weighted by molar-refractivity contribution is 6.03. The van der Waals surface area contributed by atoms with Gasteiger partial charge in [-0.2, -0.15) is 18.2 Å². The maximum atomic E-state index is 14.1. The summed E-state index contributed by atoms with van der Waals surface area (Å²) in [5, 5.41) is 11.4. The molecular formula is C33H36F3N7O5. The number of halogens is 3. The van der Waals surface area contributed by atoms with Crippen molar-refractivity contribution in [2.45, 2.75) is 57.2 Å². The van der Waals surface area contributed by atoms with E-state index in [0.717, 1.165) is 31.7 Å². The first-order valence-electron chi connectivity index (χ1n) is 15.7. The van der Waals surface area contributed by atoms with Crippen LogP contribution >= 0.6 is 0 Å². The Kier molecular flexibility index (Phi) is 9.34. The number of aliphatic carboxylic acids is 1. The summed E-state index contributed by atoms with van der Waals surface area (Å²) in [5.74, 6) is -1.77. The largest absolute Gasteiger partial charge is 0.480 e. The molecule has 48 heavy (non-hydrogen) atoms. The van der Waals surface area contributed by atoms with E-state index in [9.17, 15) is 22.8 Å². The average molecular weight is 668 g/mol. The molecule has 0 unspecified atom stereocenters. The minimum Gasteiger partial charge on any atom is -0.480 e. The number of methoxy groups -OCH3 is 1. The molecule has 0 radical (unpaired) electrons. The minimum atomic E-state index is -4.57. The fourth-order valence-electron chi connectivity index (χ4n) is 6.44. The van der Waals surface area contributed by atoms with E-state index in [1.54, 1.807) is 19.2 Å². The van der Waals surface area contributed by atoms with Crippen molar-refractivity contribution in [3.05, 3.63) is 59.2 Å². The highest BCUT2D eigenvalue weighted by Gasteiger charge is 2.40. The van der Waals surface area contributed by atoms with Crippen molar-refractivity contribution >= 4 is 34.7 Å². The molecule has 254 valence electrons. The fourth-order valence-corrected chi connectivity index (χ4v) is 6.44. The first kappa shape index (κ1) is 33.3. The number of nitrogens with zero attached hydrogens (tertiary/aromatic N) is 5. The third-order valence-corrected chi connectivity index (χ3v) is 8.81. The second-order valence-electron chi connectivity index (χ2n) is 12.6. The Bertz CT molecular complexity index is 1800. The molecule has 0 aromatic carbocycles. The molecule has 3 N–H and O–H groups in total. The number of carbonyl (C=O) groups excluding carboxylic acids is 1. The number of hydrogen-bond acceptors (Lipinski definition) is 9. The molecule has 2 saturated carbocycles. The van der Waals surface area contributed by atoms with Crippen LogP contribution in [0.15, 0.2) is 36.7 Å². The molecule has 1 amide bonds. The molecule has 6 rings (SSSR count). The first-order valence-corrected chi connectivity index (χ1v) is 15.7. The number of ether oxygens (including phenoxy) is 2. The van der Waals surface area contributed by atoms with Gasteiger partial charge in [0.15, 0.2) is 5.65 Å². The lowest BCUT2D eigenvalue weighted by Crippen LogP contribution is -2.37. The van der Waals surface area contributed by atoms with E-state index < -0.39 is 30.2 Å². The SMILES string of the molecule is COCC1(CN(C)c2cc(-c3cnc(C4CC4)c(C(F)(F)F)c3)nc3nc(NC(=O)c4ccc(COCC(=O)O)cn4)[nH]c23)CCCC1. The fraction of sp³-hybridized carbons (Fsp3) is 0.455. The number of nitrogens with one attached hydrogen (secondary N) is 2. The molecule has 2 fully saturated rings. The van der Waals surface area contributed by atoms with Crippen molar-refractivity contribution in [1.29, 1.82) is 0 Å². The maximum absolute atomic E-state index is 14.1. The van der Waals surface area contributed by atoms with Crippen molar-refractivity contribution in [2.75, 3.05) is 44.1 Å². The van der Waals surface area contributed by atoms with Gasteiger partial charge < -0.3 is 24.5 Å². The van der Waals surface area contributed by atoms with Crippen LogP contribution in [0.2, 0.25) is 0 Å². The van der Waals surface area contributed by atoms with Gasteiger partial charge >= 0.3 is 12.1 Å². The smallest absolute Gasteiger partial charge is 0.418 e. The summed E-state index contributed by atoms with van der Waals surface area (Å²) in [6.07, 6.45) is 3.76. The number of fused-ring (bicyclic) bond motifs is 1. The predicted octanol–water partition coefficient (Wildman–Crippen LogP) is 5.81. The van der Waals surface area contributed by atoms with Crippen molar-refractivity contribution < 1.29 is 37.3 Å². The summed E-state index contributed by atoms with van der Waals surface area (Å²) in [7, 11) is 3.59. The number of amides is 1. The third kappa shape index (κ3) is 7.41. The summed E-state index contributed by atoms with van der Waals surface area (Å²) >= 11 is 0. The Morgan fingerprint density at radius 2 is 1.90 bits per heavy atom. The minimum absolute atomic E-state index is 0.0179. The van der Waals surface area contributed by atoms with Crippen LogP contribution in [0.25, 0.3) is 22.4 Å². The van der Waals surface area contributed by atoms with E-state index in [-0.39, 0.29) is 52.2 Å². The van der Waals surface area contributed by atoms with Crippen LogP contribution in [0.4, 0.5) is 24.8 Å². The highest BCUT2D eigenvalue weighted by atomic mass is 19.4. The van der Waals surface area contributed by atoms with Gasteiger partial charge in [0.1, 0.15) is 17.8 Å². The zero-order valence-corrected chi connectivity index (χ0v) is 26.6. The summed E-state index contributed by atoms with van der Waals surface area (Å²) < 4.78 is 53.1. The Hall–Kier alpha value is -4.63. The second-order valence-corrected chi connectivity index (χ2v) is 12.6. The molecular weight excluding hydrogens is 631 g/mol. The van der Waals surface area contributed by atoms with Crippen LogP contribution in [0, 0.1) is 5.41 Å². The molecule has 0 saturated heterocycles. The van der Waals surface area contributed by atoms with Crippen molar-refractivity contribution in [2.24, 2.45) is 5.41 Å². The highest BCUT2D eigenvalue weighted by Crippen LogP contribution is 2.46. The number of rotatable bonds is 13. The number of carboxylic acid groups (broad SMARTS) is 1. The lowest BCUT2D eigenvalue weighted by Gasteiger charge is -2.34. The Morgan fingerprint density at radius 3 is 2.54 bits per heavy atom. The lowest BCUT2D eigenvalue weighted by molar-refractivity contribution is -0.142. The number of anilines is 2. The van der Waals surface area contributed by atoms with E-state index in [4.69, 9.17) is 14.6 Å². The van der Waals surface area contributed by atoms with E-state index in [0.29, 0.717) is 42.8 Å². The summed E-state index contributed by atoms with van der Waals surface area (Å²) in [5.41, 5.74) is 1.70. The summed E-state index contributed by atoms with van der Waals surface area (Å²) in [4.78, 5) is 46.4. The van der Waals surface area contributed by atoms with Crippen molar-refractivity contribution in [3.8, 4) is 11.3 Å². The Balaban J connectivity index is 1.33. The monoisotopic (exact) mass is 667 g/mol. The van der Waals surface area contributed by atoms with Crippen molar-refractivity contribution in [1.82, 2.24) is 24.9 Å². The normalized spacial score (nSPS) is 15.9. The number of H-pyrrole nitrogens is 1. The van der Waals surface area contributed by atoms with Gasteiger partial charge in [-0.05, 0) is 49.4 Å². The third-order valence-electron chi connectivity index (χ3n) is 8.81. The van der Waals surface area contributed by atoms with Gasteiger partial charge in [0.2, 0.25) is 5.95 Å². The molecule has 0 spiro atoms. The van der Waals surface area contributed by atoms with Gasteiger partial charge in [0, 0.05) is 50.0 Å². The topological polar surface area (TPSA) is 155 Å². The second kappa shape index (κ2) is 13.5. The molecule has 2 aliphatic rings. The molecule has 15 heteroatoms. The number of carbonyl (C=O) groups is 2. The number of carboxylic acids is 1. The molecule has 4 aromatic heterocycles. The summed E-state index contributed by atoms with van der Waals surface area (Å²) in [6, 6.07) is 5.90. The molecule has 0 bridgehead atoms. The Morgan fingerprint density at radius 1 is 1.12 bits per heavy atom. The zero-order valence-electron chi connectivity index (χ0n) is 26.6. The van der Waals surface area contributed by atoms with Gasteiger partial charge in [-0.25, -0.2) is 9.78 Å². The van der Waals surface area contributed by atoms with Gasteiger partial charge in [-0.15, -0.1) is 0 Å². The standard InChI is InChI=1S/C33H36F3N7O5/c1-43(17-32(18-47-2)9-3-4-10-32)25-12-24(21-11-22(33(34,35)36)27(38-14-21)20-6-7-20)39-29-28(25)40-31(41-29)42-30(46)23-8-5-19(13-37-23)15-48-16-26(44)45/h5,8,11-14,20H,3-4,6-7,9-10,15-18H2,1-2H3,(H,44,45)(H2,39,40,41,42,46). The zero-order chi connectivity index (χ0) is 34.1. The van der Waals surface area contributed by atoms with E-state index in [1.807, 2.05) is 11.9 Å². The number of aromatic nitrogens is 5. The van der Waals surface area contributed by atoms with Crippen LogP contribution in [0.3, 0.4) is 0 Å². The Labute approximate surface area is 274 Å². The average Bonchev–Trinajstić information content (AvgIpc) is 3.66. The predicted molar refractivity (Wildman–Crippen MR) is 170 cm³/mol. The van der Waals surface area contributed by atoms with Gasteiger partial charge in [0.25, 0.3) is 5.91 Å². The van der Waals surface area contributed by atoms with E-state index >= 15 is 0 Å². The first-order chi connectivity index (χ1) is 22.9. The molecule has 0 atom stereocenters. The number of hydrogen-bond donors (Lipinski definition) is 3. The molecule has 2 aliphatic carbocycles. The molecule has 12 nitrogen and oxygen atoms in total. The lowest BCUT2D eigenvalue weighted by atomic mass is 9.86. The van der Waals surface area contributed by atoms with Crippen LogP contribution in [0.5, 0.6) is 0 Å². The van der Waals surface area contributed by atoms with Gasteiger partial charge in [-0.1, -0.05) is 18.9 Å².